The van der Waals surface area contributed by atoms with Crippen molar-refractivity contribution in [2.45, 2.75) is 62.1 Å². The van der Waals surface area contributed by atoms with Crippen molar-refractivity contribution >= 4 is 11.8 Å². The number of nitrogens with one attached hydrogen (secondary N) is 2. The van der Waals surface area contributed by atoms with Gasteiger partial charge in [-0.1, -0.05) is 0 Å². The minimum absolute atomic E-state index is 0.103. The van der Waals surface area contributed by atoms with Crippen LogP contribution in [0.15, 0.2) is 11.3 Å². The molecule has 3 aliphatic heterocycles. The van der Waals surface area contributed by atoms with Crippen LogP contribution in [0.2, 0.25) is 0 Å². The molecule has 1 aromatic rings. The number of aliphatic hydroxyl groups is 2. The number of ether oxygens (including phenoxy) is 2. The average molecular weight is 350 g/mol. The lowest BCUT2D eigenvalue weighted by Gasteiger charge is -2.41. The predicted molar refractivity (Wildman–Crippen MR) is 85.6 cm³/mol. The fourth-order valence-electron chi connectivity index (χ4n) is 3.70. The highest BCUT2D eigenvalue weighted by Gasteiger charge is 2.54. The molecule has 0 aromatic carbocycles. The second-order valence-corrected chi connectivity index (χ2v) is 7.04. The Hall–Kier alpha value is -1.72. The van der Waals surface area contributed by atoms with Crippen molar-refractivity contribution in [2.75, 3.05) is 6.61 Å². The summed E-state index contributed by atoms with van der Waals surface area (Å²) in [6, 6.07) is 0.421. The van der Waals surface area contributed by atoms with Gasteiger partial charge in [-0.25, -0.2) is 4.98 Å². The van der Waals surface area contributed by atoms with Gasteiger partial charge in [-0.05, 0) is 12.8 Å². The fourth-order valence-corrected chi connectivity index (χ4v) is 3.70. The van der Waals surface area contributed by atoms with Crippen LogP contribution >= 0.6 is 0 Å². The number of H-pyrrole nitrogens is 1. The maximum absolute atomic E-state index is 10.3. The molecule has 1 aromatic heterocycles. The summed E-state index contributed by atoms with van der Waals surface area (Å²) < 4.78 is 11.6. The monoisotopic (exact) mass is 350 g/mol. The van der Waals surface area contributed by atoms with Crippen LogP contribution in [0.3, 0.4) is 0 Å². The fraction of sp³-hybridized carbons (Fsp3) is 0.733. The first-order chi connectivity index (χ1) is 12.2. The Morgan fingerprint density at radius 1 is 1.40 bits per heavy atom. The number of aromatic amines is 1. The topological polar surface area (TPSA) is 145 Å². The van der Waals surface area contributed by atoms with E-state index in [2.05, 4.69) is 20.3 Å². The van der Waals surface area contributed by atoms with E-state index in [1.165, 1.54) is 0 Å². The third-order valence-electron chi connectivity index (χ3n) is 5.25. The van der Waals surface area contributed by atoms with Crippen molar-refractivity contribution < 1.29 is 19.7 Å². The molecule has 6 N–H and O–H groups in total. The van der Waals surface area contributed by atoms with Gasteiger partial charge in [0.05, 0.1) is 24.7 Å². The number of hydrogen-bond donors (Lipinski definition) is 5. The van der Waals surface area contributed by atoms with Crippen molar-refractivity contribution in [1.29, 1.82) is 0 Å². The van der Waals surface area contributed by atoms with Gasteiger partial charge in [0, 0.05) is 12.5 Å². The van der Waals surface area contributed by atoms with Crippen LogP contribution in [0.5, 0.6) is 0 Å². The first kappa shape index (κ1) is 15.5. The molecule has 6 atom stereocenters. The largest absolute Gasteiger partial charge is 0.394 e. The Morgan fingerprint density at radius 3 is 3.00 bits per heavy atom. The number of guanidine groups is 1. The molecule has 2 saturated heterocycles. The number of hydrogen-bond acceptors (Lipinski definition) is 9. The van der Waals surface area contributed by atoms with Crippen LogP contribution in [-0.2, 0) is 9.47 Å². The number of rotatable bonds is 4. The lowest BCUT2D eigenvalue weighted by Crippen LogP contribution is -2.55. The van der Waals surface area contributed by atoms with Crippen LogP contribution in [0.1, 0.15) is 31.1 Å². The van der Waals surface area contributed by atoms with Crippen LogP contribution in [0.25, 0.3) is 0 Å². The third kappa shape index (κ3) is 2.61. The van der Waals surface area contributed by atoms with Gasteiger partial charge in [0.15, 0.2) is 5.82 Å². The minimum atomic E-state index is -0.847. The zero-order valence-corrected chi connectivity index (χ0v) is 13.6. The SMILES string of the molecule is NC1=Nc2nc[nH]c2C(NC2CC2)N1C1C[C@H]2O[C@H]2[C@H](O)[C@@H](CO)O1. The molecule has 4 heterocycles. The van der Waals surface area contributed by atoms with Crippen molar-refractivity contribution in [3.05, 3.63) is 12.0 Å². The molecule has 10 heteroatoms. The standard InChI is InChI=1S/C15H22N6O4/c16-15-20-13-10(17-5-18-13)14(19-6-1-2-6)21(15)9-3-7-12(25-7)11(23)8(4-22)24-9/h5-9,11-12,14,19,22-23H,1-4H2,(H2,16,20)(H,17,18)/t7-,8-,9?,11-,12-,14?/m1/s1. The van der Waals surface area contributed by atoms with Gasteiger partial charge in [-0.2, -0.15) is 4.99 Å². The van der Waals surface area contributed by atoms with Crippen molar-refractivity contribution in [2.24, 2.45) is 10.7 Å². The molecule has 4 aliphatic rings. The minimum Gasteiger partial charge on any atom is -0.394 e. The molecule has 0 spiro atoms. The summed E-state index contributed by atoms with van der Waals surface area (Å²) in [5.74, 6) is 0.868. The van der Waals surface area contributed by atoms with E-state index < -0.39 is 18.4 Å². The number of aliphatic hydroxyl groups excluding tert-OH is 2. The molecule has 1 aliphatic carbocycles. The number of nitrogens with zero attached hydrogens (tertiary/aromatic N) is 3. The number of nitrogens with two attached hydrogens (primary N) is 1. The molecule has 0 radical (unpaired) electrons. The van der Waals surface area contributed by atoms with Gasteiger partial charge in [-0.15, -0.1) is 0 Å². The molecule has 0 bridgehead atoms. The highest BCUT2D eigenvalue weighted by molar-refractivity contribution is 5.83. The summed E-state index contributed by atoms with van der Waals surface area (Å²) >= 11 is 0. The van der Waals surface area contributed by atoms with E-state index in [4.69, 9.17) is 15.2 Å². The zero-order chi connectivity index (χ0) is 17.1. The summed E-state index contributed by atoms with van der Waals surface area (Å²) in [5.41, 5.74) is 7.07. The van der Waals surface area contributed by atoms with Crippen LogP contribution in [0, 0.1) is 0 Å². The Morgan fingerprint density at radius 2 is 2.24 bits per heavy atom. The molecule has 25 heavy (non-hydrogen) atoms. The van der Waals surface area contributed by atoms with E-state index in [-0.39, 0.29) is 25.0 Å². The molecule has 3 fully saturated rings. The second-order valence-electron chi connectivity index (χ2n) is 7.04. The van der Waals surface area contributed by atoms with E-state index in [9.17, 15) is 10.2 Å². The van der Waals surface area contributed by atoms with Gasteiger partial charge in [0.1, 0.15) is 30.7 Å². The van der Waals surface area contributed by atoms with Gasteiger partial charge in [0.25, 0.3) is 0 Å². The van der Waals surface area contributed by atoms with Gasteiger partial charge in [-0.3, -0.25) is 10.2 Å². The second kappa shape index (κ2) is 5.64. The number of imidazole rings is 1. The highest BCUT2D eigenvalue weighted by Crippen LogP contribution is 2.40. The summed E-state index contributed by atoms with van der Waals surface area (Å²) in [5, 5.41) is 23.4. The molecule has 5 rings (SSSR count). The van der Waals surface area contributed by atoms with Crippen molar-refractivity contribution in [3.63, 3.8) is 0 Å². The van der Waals surface area contributed by atoms with Crippen LogP contribution in [-0.4, -0.2) is 74.3 Å². The van der Waals surface area contributed by atoms with E-state index in [0.717, 1.165) is 18.5 Å². The van der Waals surface area contributed by atoms with Crippen molar-refractivity contribution in [3.8, 4) is 0 Å². The maximum atomic E-state index is 10.3. The first-order valence-corrected chi connectivity index (χ1v) is 8.67. The average Bonchev–Trinajstić information content (AvgIpc) is 3.50. The lowest BCUT2D eigenvalue weighted by molar-refractivity contribution is -0.147. The Balaban J connectivity index is 1.47. The predicted octanol–water partition coefficient (Wildman–Crippen LogP) is -1.34. The van der Waals surface area contributed by atoms with E-state index in [1.807, 2.05) is 4.90 Å². The van der Waals surface area contributed by atoms with Crippen LogP contribution < -0.4 is 11.1 Å². The molecule has 0 amide bonds. The van der Waals surface area contributed by atoms with Gasteiger partial charge < -0.3 is 30.4 Å². The molecule has 1 saturated carbocycles. The third-order valence-corrected chi connectivity index (χ3v) is 5.25. The van der Waals surface area contributed by atoms with Gasteiger partial charge >= 0.3 is 0 Å². The number of aliphatic imine (C=N–C) groups is 1. The Labute approximate surface area is 144 Å². The maximum Gasteiger partial charge on any atom is 0.201 e. The lowest BCUT2D eigenvalue weighted by atomic mass is 10.1. The van der Waals surface area contributed by atoms with Gasteiger partial charge in [0.2, 0.25) is 5.96 Å². The summed E-state index contributed by atoms with van der Waals surface area (Å²) in [4.78, 5) is 13.6. The number of aromatic nitrogens is 2. The smallest absolute Gasteiger partial charge is 0.201 e. The zero-order valence-electron chi connectivity index (χ0n) is 13.6. The normalized spacial score (nSPS) is 40.1. The van der Waals surface area contributed by atoms with Crippen molar-refractivity contribution in [1.82, 2.24) is 20.2 Å². The highest BCUT2D eigenvalue weighted by atomic mass is 16.6. The van der Waals surface area contributed by atoms with E-state index in [1.54, 1.807) is 6.33 Å². The number of epoxide rings is 1. The molecule has 2 unspecified atom stereocenters. The Kier molecular flexibility index (Phi) is 3.51. The quantitative estimate of drug-likeness (QED) is 0.420. The Bertz CT molecular complexity index is 691. The molecule has 10 nitrogen and oxygen atoms in total. The van der Waals surface area contributed by atoms with E-state index >= 15 is 0 Å². The number of fused-ring (bicyclic) bond motifs is 2. The molecular weight excluding hydrogens is 328 g/mol. The summed E-state index contributed by atoms with van der Waals surface area (Å²) in [6.45, 7) is -0.287. The molecular formula is C15H22N6O4. The van der Waals surface area contributed by atoms with Crippen LogP contribution in [0.4, 0.5) is 5.82 Å². The molecule has 136 valence electrons. The van der Waals surface area contributed by atoms with E-state index in [0.29, 0.717) is 24.2 Å². The summed E-state index contributed by atoms with van der Waals surface area (Å²) in [6.07, 6.45) is 1.68. The summed E-state index contributed by atoms with van der Waals surface area (Å²) in [7, 11) is 0. The first-order valence-electron chi connectivity index (χ1n) is 8.67.